The molecule has 0 aliphatic carbocycles. The summed E-state index contributed by atoms with van der Waals surface area (Å²) < 4.78 is 0. The molecule has 0 saturated carbocycles. The van der Waals surface area contributed by atoms with Crippen LogP contribution in [-0.2, 0) is 21.0 Å². The molecule has 3 aromatic carbocycles. The Hall–Kier alpha value is -2.84. The lowest BCUT2D eigenvalue weighted by Crippen LogP contribution is -2.54. The molecule has 2 amide bonds. The van der Waals surface area contributed by atoms with E-state index < -0.39 is 4.87 Å². The van der Waals surface area contributed by atoms with Gasteiger partial charge in [0.25, 0.3) is 5.91 Å². The van der Waals surface area contributed by atoms with Crippen molar-refractivity contribution in [2.45, 2.75) is 11.4 Å². The first-order valence-corrected chi connectivity index (χ1v) is 13.6. The van der Waals surface area contributed by atoms with Crippen molar-refractivity contribution in [1.29, 1.82) is 0 Å². The molecule has 6 nitrogen and oxygen atoms in total. The molecule has 0 bridgehead atoms. The van der Waals surface area contributed by atoms with Gasteiger partial charge in [0, 0.05) is 49.0 Å². The van der Waals surface area contributed by atoms with Crippen molar-refractivity contribution in [1.82, 2.24) is 9.80 Å². The summed E-state index contributed by atoms with van der Waals surface area (Å²) in [5.41, 5.74) is 3.77. The van der Waals surface area contributed by atoms with Crippen LogP contribution in [0, 0.1) is 0 Å². The van der Waals surface area contributed by atoms with Crippen molar-refractivity contribution in [2.24, 2.45) is 0 Å². The first-order chi connectivity index (χ1) is 17.6. The lowest BCUT2D eigenvalue weighted by molar-refractivity contribution is -0.124. The molecule has 0 N–H and O–H groups in total. The molecular weight excluding hydrogens is 492 g/mol. The molecule has 8 heteroatoms. The average molecular weight is 519 g/mol. The third-order valence-corrected chi connectivity index (χ3v) is 8.84. The summed E-state index contributed by atoms with van der Waals surface area (Å²) in [6.45, 7) is 5.14. The standard InChI is InChI=1S/C28H27ClN4O2S/c29-22-10-12-23(13-11-22)33-26(34)19-36-28(33)24-8-4-5-9-25(24)32(27(28)35)20-31-16-14-30(15-17-31)18-21-6-2-1-3-7-21/h1-13H,14-20H2/t28-/m1/s1. The molecule has 36 heavy (non-hydrogen) atoms. The summed E-state index contributed by atoms with van der Waals surface area (Å²) in [4.78, 5) is 34.6. The van der Waals surface area contributed by atoms with Crippen molar-refractivity contribution < 1.29 is 9.59 Å². The molecule has 2 saturated heterocycles. The lowest BCUT2D eigenvalue weighted by Gasteiger charge is -2.37. The SMILES string of the molecule is O=C1CS[C@]2(C(=O)N(CN3CCN(Cc4ccccc4)CC3)c3ccccc32)N1c1ccc(Cl)cc1. The highest BCUT2D eigenvalue weighted by Gasteiger charge is 2.61. The molecule has 0 aromatic heterocycles. The summed E-state index contributed by atoms with van der Waals surface area (Å²) in [6, 6.07) is 25.6. The van der Waals surface area contributed by atoms with E-state index in [1.807, 2.05) is 47.4 Å². The number of thioether (sulfide) groups is 1. The first-order valence-electron chi connectivity index (χ1n) is 12.2. The smallest absolute Gasteiger partial charge is 0.269 e. The molecule has 3 aromatic rings. The Morgan fingerprint density at radius 2 is 1.47 bits per heavy atom. The Bertz CT molecular complexity index is 1280. The van der Waals surface area contributed by atoms with E-state index in [1.165, 1.54) is 17.3 Å². The monoisotopic (exact) mass is 518 g/mol. The van der Waals surface area contributed by atoms with Gasteiger partial charge in [-0.3, -0.25) is 29.2 Å². The summed E-state index contributed by atoms with van der Waals surface area (Å²) in [7, 11) is 0. The number of anilines is 2. The van der Waals surface area contributed by atoms with Gasteiger partial charge < -0.3 is 0 Å². The summed E-state index contributed by atoms with van der Waals surface area (Å²) in [5.74, 6) is 0.136. The Balaban J connectivity index is 1.24. The molecule has 3 aliphatic heterocycles. The van der Waals surface area contributed by atoms with Crippen LogP contribution in [0.5, 0.6) is 0 Å². The predicted octanol–water partition coefficient (Wildman–Crippen LogP) is 4.39. The molecule has 3 heterocycles. The minimum atomic E-state index is -1.09. The summed E-state index contributed by atoms with van der Waals surface area (Å²) in [6.07, 6.45) is 0. The third kappa shape index (κ3) is 4.00. The minimum absolute atomic E-state index is 0.0544. The van der Waals surface area contributed by atoms with Gasteiger partial charge in [-0.15, -0.1) is 11.8 Å². The van der Waals surface area contributed by atoms with Crippen LogP contribution < -0.4 is 9.80 Å². The van der Waals surface area contributed by atoms with E-state index in [9.17, 15) is 9.59 Å². The average Bonchev–Trinajstić information content (AvgIpc) is 3.37. The number of hydrogen-bond acceptors (Lipinski definition) is 5. The maximum Gasteiger partial charge on any atom is 0.269 e. The largest absolute Gasteiger partial charge is 0.297 e. The topological polar surface area (TPSA) is 47.1 Å². The fourth-order valence-electron chi connectivity index (χ4n) is 5.42. The van der Waals surface area contributed by atoms with Crippen LogP contribution >= 0.6 is 23.4 Å². The molecule has 0 radical (unpaired) electrons. The molecular formula is C28H27ClN4O2S. The number of amides is 2. The summed E-state index contributed by atoms with van der Waals surface area (Å²) >= 11 is 7.52. The minimum Gasteiger partial charge on any atom is -0.297 e. The third-order valence-electron chi connectivity index (χ3n) is 7.20. The zero-order chi connectivity index (χ0) is 24.7. The second kappa shape index (κ2) is 9.56. The second-order valence-corrected chi connectivity index (χ2v) is 11.0. The van der Waals surface area contributed by atoms with Crippen molar-refractivity contribution in [3.05, 3.63) is 95.0 Å². The highest BCUT2D eigenvalue weighted by molar-refractivity contribution is 8.02. The lowest BCUT2D eigenvalue weighted by atomic mass is 10.0. The molecule has 6 rings (SSSR count). The number of para-hydroxylation sites is 1. The first kappa shape index (κ1) is 23.6. The zero-order valence-corrected chi connectivity index (χ0v) is 21.4. The molecule has 0 unspecified atom stereocenters. The zero-order valence-electron chi connectivity index (χ0n) is 19.8. The van der Waals surface area contributed by atoms with Crippen LogP contribution in [0.25, 0.3) is 0 Å². The van der Waals surface area contributed by atoms with Crippen molar-refractivity contribution in [3.63, 3.8) is 0 Å². The van der Waals surface area contributed by atoms with E-state index in [-0.39, 0.29) is 17.6 Å². The maximum atomic E-state index is 14.2. The Morgan fingerprint density at radius 3 is 2.22 bits per heavy atom. The van der Waals surface area contributed by atoms with E-state index in [1.54, 1.807) is 17.0 Å². The van der Waals surface area contributed by atoms with Crippen molar-refractivity contribution in [2.75, 3.05) is 48.4 Å². The van der Waals surface area contributed by atoms with Gasteiger partial charge in [-0.2, -0.15) is 0 Å². The maximum absolute atomic E-state index is 14.2. The van der Waals surface area contributed by atoms with Gasteiger partial charge in [-0.05, 0) is 35.9 Å². The van der Waals surface area contributed by atoms with Gasteiger partial charge in [-0.1, -0.05) is 60.1 Å². The van der Waals surface area contributed by atoms with Crippen molar-refractivity contribution >= 4 is 46.6 Å². The predicted molar refractivity (Wildman–Crippen MR) is 145 cm³/mol. The van der Waals surface area contributed by atoms with Gasteiger partial charge in [0.05, 0.1) is 18.1 Å². The van der Waals surface area contributed by atoms with Crippen LogP contribution in [0.4, 0.5) is 11.4 Å². The fourth-order valence-corrected chi connectivity index (χ4v) is 6.90. The van der Waals surface area contributed by atoms with E-state index in [0.29, 0.717) is 17.4 Å². The Morgan fingerprint density at radius 1 is 0.806 bits per heavy atom. The number of benzene rings is 3. The quantitative estimate of drug-likeness (QED) is 0.501. The van der Waals surface area contributed by atoms with E-state index >= 15 is 0 Å². The molecule has 1 atom stereocenters. The Labute approximate surface area is 220 Å². The number of carbonyl (C=O) groups is 2. The molecule has 1 spiro atoms. The van der Waals surface area contributed by atoms with E-state index in [0.717, 1.165) is 44.0 Å². The van der Waals surface area contributed by atoms with Crippen LogP contribution in [0.2, 0.25) is 5.02 Å². The van der Waals surface area contributed by atoms with Gasteiger partial charge in [0.2, 0.25) is 10.8 Å². The van der Waals surface area contributed by atoms with Gasteiger partial charge >= 0.3 is 0 Å². The van der Waals surface area contributed by atoms with Crippen molar-refractivity contribution in [3.8, 4) is 0 Å². The second-order valence-electron chi connectivity index (χ2n) is 9.41. The number of fused-ring (bicyclic) bond motifs is 2. The molecule has 2 fully saturated rings. The molecule has 3 aliphatic rings. The number of piperazine rings is 1. The van der Waals surface area contributed by atoms with Crippen LogP contribution in [0.1, 0.15) is 11.1 Å². The van der Waals surface area contributed by atoms with Gasteiger partial charge in [0.15, 0.2) is 0 Å². The van der Waals surface area contributed by atoms with Crippen LogP contribution in [0.15, 0.2) is 78.9 Å². The highest BCUT2D eigenvalue weighted by atomic mass is 35.5. The fraction of sp³-hybridized carbons (Fsp3) is 0.286. The van der Waals surface area contributed by atoms with E-state index in [4.69, 9.17) is 11.6 Å². The van der Waals surface area contributed by atoms with Gasteiger partial charge in [-0.25, -0.2) is 0 Å². The number of rotatable bonds is 5. The normalized spacial score (nSPS) is 22.6. The highest BCUT2D eigenvalue weighted by Crippen LogP contribution is 2.55. The number of carbonyl (C=O) groups excluding carboxylic acids is 2. The van der Waals surface area contributed by atoms with E-state index in [2.05, 4.69) is 34.1 Å². The van der Waals surface area contributed by atoms with Gasteiger partial charge in [0.1, 0.15) is 0 Å². The number of nitrogens with zero attached hydrogens (tertiary/aromatic N) is 4. The summed E-state index contributed by atoms with van der Waals surface area (Å²) in [5, 5.41) is 0.596. The number of hydrogen-bond donors (Lipinski definition) is 0. The molecule has 184 valence electrons. The number of halogens is 1. The van der Waals surface area contributed by atoms with Crippen LogP contribution in [0.3, 0.4) is 0 Å². The van der Waals surface area contributed by atoms with Crippen LogP contribution in [-0.4, -0.2) is 60.2 Å². The Kier molecular flexibility index (Phi) is 6.25.